The number of halogens is 3. The van der Waals surface area contributed by atoms with Crippen molar-refractivity contribution in [2.75, 3.05) is 5.32 Å². The van der Waals surface area contributed by atoms with Gasteiger partial charge in [-0.15, -0.1) is 11.3 Å². The third-order valence-electron chi connectivity index (χ3n) is 6.12. The zero-order valence-electron chi connectivity index (χ0n) is 21.3. The van der Waals surface area contributed by atoms with E-state index >= 15 is 0 Å². The van der Waals surface area contributed by atoms with Crippen LogP contribution in [0.1, 0.15) is 35.9 Å². The normalized spacial score (nSPS) is 12.7. The second kappa shape index (κ2) is 9.82. The van der Waals surface area contributed by atoms with Gasteiger partial charge in [-0.25, -0.2) is 14.8 Å². The minimum Gasteiger partial charge on any atom is -0.340 e. The molecule has 208 valence electrons. The molecular weight excluding hydrogens is 555 g/mol. The van der Waals surface area contributed by atoms with Crippen LogP contribution >= 0.6 is 11.3 Å². The van der Waals surface area contributed by atoms with E-state index in [0.717, 1.165) is 22.0 Å². The molecule has 5 heterocycles. The fraction of sp³-hybridized carbons (Fsp3) is 0.304. The summed E-state index contributed by atoms with van der Waals surface area (Å²) in [5, 5.41) is 8.03. The maximum atomic E-state index is 13.3. The number of pyridine rings is 1. The highest BCUT2D eigenvalue weighted by Crippen LogP contribution is 2.35. The second-order valence-electron chi connectivity index (χ2n) is 8.84. The van der Waals surface area contributed by atoms with Crippen molar-refractivity contribution < 1.29 is 22.5 Å². The molecule has 17 heteroatoms. The monoisotopic (exact) mass is 575 g/mol. The molecular formula is C23H20F3N9O4S. The van der Waals surface area contributed by atoms with Crippen molar-refractivity contribution in [1.29, 1.82) is 0 Å². The van der Waals surface area contributed by atoms with Crippen molar-refractivity contribution in [3.8, 4) is 10.6 Å². The summed E-state index contributed by atoms with van der Waals surface area (Å²) in [5.74, 6) is -0.0882. The molecule has 0 aliphatic rings. The van der Waals surface area contributed by atoms with Gasteiger partial charge in [0.2, 0.25) is 11.8 Å². The van der Waals surface area contributed by atoms with Gasteiger partial charge in [0, 0.05) is 36.8 Å². The van der Waals surface area contributed by atoms with E-state index in [0.29, 0.717) is 0 Å². The van der Waals surface area contributed by atoms with Crippen molar-refractivity contribution in [2.45, 2.75) is 39.5 Å². The van der Waals surface area contributed by atoms with Gasteiger partial charge in [0.25, 0.3) is 5.56 Å². The van der Waals surface area contributed by atoms with Crippen LogP contribution in [0.2, 0.25) is 0 Å². The molecule has 5 rings (SSSR count). The minimum atomic E-state index is -4.57. The molecule has 0 saturated heterocycles. The van der Waals surface area contributed by atoms with Gasteiger partial charge in [0.15, 0.2) is 17.0 Å². The number of alkyl halides is 3. The van der Waals surface area contributed by atoms with Gasteiger partial charge >= 0.3 is 11.9 Å². The number of hydrogen-bond donors (Lipinski definition) is 1. The first-order valence-electron chi connectivity index (χ1n) is 11.6. The largest absolute Gasteiger partial charge is 0.418 e. The van der Waals surface area contributed by atoms with E-state index in [1.807, 2.05) is 0 Å². The molecule has 0 spiro atoms. The van der Waals surface area contributed by atoms with Crippen LogP contribution < -0.4 is 16.6 Å². The van der Waals surface area contributed by atoms with E-state index in [1.54, 1.807) is 6.92 Å². The Morgan fingerprint density at radius 2 is 1.95 bits per heavy atom. The molecule has 0 radical (unpaired) electrons. The Bertz CT molecular complexity index is 1880. The lowest BCUT2D eigenvalue weighted by atomic mass is 10.1. The van der Waals surface area contributed by atoms with Crippen molar-refractivity contribution in [1.82, 2.24) is 38.8 Å². The minimum absolute atomic E-state index is 0.00524. The lowest BCUT2D eigenvalue weighted by Crippen LogP contribution is -2.40. The maximum absolute atomic E-state index is 13.3. The van der Waals surface area contributed by atoms with Crippen LogP contribution in [0.25, 0.3) is 21.7 Å². The smallest absolute Gasteiger partial charge is 0.340 e. The average molecular weight is 576 g/mol. The first-order chi connectivity index (χ1) is 18.8. The van der Waals surface area contributed by atoms with Crippen molar-refractivity contribution in [3.63, 3.8) is 0 Å². The molecule has 5 aromatic rings. The van der Waals surface area contributed by atoms with Crippen LogP contribution in [0.4, 0.5) is 19.0 Å². The lowest BCUT2D eigenvalue weighted by Gasteiger charge is -2.14. The summed E-state index contributed by atoms with van der Waals surface area (Å²) < 4.78 is 48.2. The standard InChI is InChI=1S/C23H20F3N9O4S/c1-10-14(23(24,25)26)5-13(6-27-10)20-31-16(8-40-20)30-19(36)11(2)35-9-28-18-17(35)21(37)34(22(38)33(18)4)7-15-29-12(3)39-32-15/h5-6,8-9,11H,7H2,1-4H3,(H,30,36)/t11-/m0/s1. The van der Waals surface area contributed by atoms with Crippen molar-refractivity contribution in [3.05, 3.63) is 67.8 Å². The molecule has 0 aliphatic carbocycles. The predicted molar refractivity (Wildman–Crippen MR) is 136 cm³/mol. The van der Waals surface area contributed by atoms with Gasteiger partial charge in [-0.2, -0.15) is 18.2 Å². The number of imidazole rings is 1. The first kappa shape index (κ1) is 26.9. The Kier molecular flexibility index (Phi) is 6.61. The number of thiazole rings is 1. The fourth-order valence-electron chi connectivity index (χ4n) is 4.03. The van der Waals surface area contributed by atoms with Gasteiger partial charge in [-0.1, -0.05) is 5.16 Å². The number of carbonyl (C=O) groups excluding carboxylic acids is 1. The molecule has 0 unspecified atom stereocenters. The highest BCUT2D eigenvalue weighted by atomic mass is 32.1. The van der Waals surface area contributed by atoms with Gasteiger partial charge in [-0.3, -0.25) is 23.7 Å². The maximum Gasteiger partial charge on any atom is 0.418 e. The van der Waals surface area contributed by atoms with E-state index in [9.17, 15) is 27.6 Å². The molecule has 13 nitrogen and oxygen atoms in total. The Labute approximate surface area is 225 Å². The van der Waals surface area contributed by atoms with Crippen molar-refractivity contribution in [2.24, 2.45) is 7.05 Å². The number of aryl methyl sites for hydroxylation is 3. The number of hydrogen-bond acceptors (Lipinski definition) is 10. The highest BCUT2D eigenvalue weighted by Gasteiger charge is 2.33. The summed E-state index contributed by atoms with van der Waals surface area (Å²) in [7, 11) is 1.44. The van der Waals surface area contributed by atoms with Gasteiger partial charge < -0.3 is 14.4 Å². The van der Waals surface area contributed by atoms with E-state index in [2.05, 4.69) is 30.4 Å². The van der Waals surface area contributed by atoms with E-state index < -0.39 is 34.9 Å². The number of nitrogens with zero attached hydrogens (tertiary/aromatic N) is 8. The van der Waals surface area contributed by atoms with E-state index in [4.69, 9.17) is 4.52 Å². The number of carbonyl (C=O) groups is 1. The van der Waals surface area contributed by atoms with Gasteiger partial charge in [0.05, 0.1) is 18.4 Å². The molecule has 0 saturated carbocycles. The summed E-state index contributed by atoms with van der Waals surface area (Å²) in [6.45, 7) is 4.09. The van der Waals surface area contributed by atoms with Crippen molar-refractivity contribution >= 4 is 34.2 Å². The molecule has 0 bridgehead atoms. The predicted octanol–water partition coefficient (Wildman–Crippen LogP) is 2.68. The molecule has 0 aliphatic heterocycles. The number of anilines is 1. The zero-order chi connectivity index (χ0) is 28.9. The third-order valence-corrected chi connectivity index (χ3v) is 7.01. The van der Waals surface area contributed by atoms with Gasteiger partial charge in [-0.05, 0) is 19.9 Å². The lowest BCUT2D eigenvalue weighted by molar-refractivity contribution is -0.138. The topological polar surface area (TPSA) is 156 Å². The number of fused-ring (bicyclic) bond motifs is 1. The summed E-state index contributed by atoms with van der Waals surface area (Å²) in [4.78, 5) is 55.5. The number of rotatable bonds is 6. The molecule has 0 aromatic carbocycles. The Morgan fingerprint density at radius 1 is 1.20 bits per heavy atom. The zero-order valence-corrected chi connectivity index (χ0v) is 22.2. The summed E-state index contributed by atoms with van der Waals surface area (Å²) in [5.41, 5.74) is -2.19. The Morgan fingerprint density at radius 3 is 2.62 bits per heavy atom. The quantitative estimate of drug-likeness (QED) is 0.322. The van der Waals surface area contributed by atoms with Crippen LogP contribution in [0.15, 0.2) is 38.1 Å². The summed E-state index contributed by atoms with van der Waals surface area (Å²) >= 11 is 1.03. The number of amides is 1. The fourth-order valence-corrected chi connectivity index (χ4v) is 4.76. The average Bonchev–Trinajstić information content (AvgIpc) is 3.64. The number of nitrogens with one attached hydrogen (secondary N) is 1. The molecule has 1 amide bonds. The molecule has 1 N–H and O–H groups in total. The molecule has 40 heavy (non-hydrogen) atoms. The number of aromatic nitrogens is 8. The van der Waals surface area contributed by atoms with E-state index in [1.165, 1.54) is 47.9 Å². The third kappa shape index (κ3) is 4.78. The Hall–Kier alpha value is -4.67. The summed E-state index contributed by atoms with van der Waals surface area (Å²) in [6.07, 6.45) is -2.03. The second-order valence-corrected chi connectivity index (χ2v) is 9.70. The Balaban J connectivity index is 1.43. The van der Waals surface area contributed by atoms with Crippen LogP contribution in [-0.4, -0.2) is 44.7 Å². The first-order valence-corrected chi connectivity index (χ1v) is 12.5. The SMILES string of the molecule is Cc1nc(Cn2c(=O)c3c(ncn3[C@@H](C)C(=O)Nc3csc(-c4cnc(C)c(C(F)(F)F)c4)n3)n(C)c2=O)no1. The molecule has 5 aromatic heterocycles. The highest BCUT2D eigenvalue weighted by molar-refractivity contribution is 7.13. The van der Waals surface area contributed by atoms with Crippen LogP contribution in [0, 0.1) is 13.8 Å². The molecule has 0 fully saturated rings. The van der Waals surface area contributed by atoms with E-state index in [-0.39, 0.29) is 51.5 Å². The van der Waals surface area contributed by atoms with Gasteiger partial charge in [0.1, 0.15) is 16.9 Å². The summed E-state index contributed by atoms with van der Waals surface area (Å²) in [6, 6.07) is -0.0304. The van der Waals surface area contributed by atoms with Crippen LogP contribution in [-0.2, 0) is 24.6 Å². The van der Waals surface area contributed by atoms with Crippen LogP contribution in [0.3, 0.4) is 0 Å². The molecule has 1 atom stereocenters. The van der Waals surface area contributed by atoms with Crippen LogP contribution in [0.5, 0.6) is 0 Å².